The summed E-state index contributed by atoms with van der Waals surface area (Å²) in [4.78, 5) is 23.2. The number of hydrogen-bond acceptors (Lipinski definition) is 5. The van der Waals surface area contributed by atoms with Gasteiger partial charge in [-0.25, -0.2) is 15.0 Å². The van der Waals surface area contributed by atoms with Gasteiger partial charge in [-0.05, 0) is 31.2 Å². The Balaban J connectivity index is 1.96. The summed E-state index contributed by atoms with van der Waals surface area (Å²) in [5, 5.41) is 5.71. The number of hydrogen-bond donors (Lipinski definition) is 2. The Morgan fingerprint density at radius 1 is 1.24 bits per heavy atom. The van der Waals surface area contributed by atoms with Crippen LogP contribution in [0.5, 0.6) is 0 Å². The summed E-state index contributed by atoms with van der Waals surface area (Å²) >= 11 is 0. The van der Waals surface area contributed by atoms with Gasteiger partial charge in [-0.2, -0.15) is 8.78 Å². The zero-order valence-electron chi connectivity index (χ0n) is 14.2. The topological polar surface area (TPSA) is 79.8 Å². The van der Waals surface area contributed by atoms with Crippen LogP contribution in [0.25, 0.3) is 0 Å². The number of nitrogens with one attached hydrogen (secondary N) is 2. The van der Waals surface area contributed by atoms with Gasteiger partial charge in [0, 0.05) is 43.6 Å². The zero-order valence-corrected chi connectivity index (χ0v) is 14.2. The summed E-state index contributed by atoms with van der Waals surface area (Å²) in [6.45, 7) is 3.80. The second-order valence-corrected chi connectivity index (χ2v) is 6.34. The van der Waals surface area contributed by atoms with Gasteiger partial charge in [0.05, 0.1) is 0 Å². The van der Waals surface area contributed by atoms with E-state index in [4.69, 9.17) is 0 Å². The number of aryl methyl sites for hydroxylation is 1. The van der Waals surface area contributed by atoms with Crippen molar-refractivity contribution in [2.24, 2.45) is 0 Å². The lowest BCUT2D eigenvalue weighted by Gasteiger charge is -2.15. The molecule has 1 aliphatic carbocycles. The van der Waals surface area contributed by atoms with Gasteiger partial charge in [0.15, 0.2) is 0 Å². The van der Waals surface area contributed by atoms with Gasteiger partial charge >= 0.3 is 5.92 Å². The van der Waals surface area contributed by atoms with Crippen molar-refractivity contribution in [3.05, 3.63) is 35.4 Å². The maximum atomic E-state index is 13.6. The first kappa shape index (κ1) is 17.2. The molecule has 2 aromatic heterocycles. The third kappa shape index (κ3) is 4.26. The van der Waals surface area contributed by atoms with Crippen LogP contribution in [0.1, 0.15) is 49.7 Å². The number of alkyl halides is 2. The van der Waals surface area contributed by atoms with E-state index < -0.39 is 11.7 Å². The van der Waals surface area contributed by atoms with Gasteiger partial charge < -0.3 is 10.6 Å². The van der Waals surface area contributed by atoms with E-state index in [1.54, 1.807) is 25.3 Å². The summed E-state index contributed by atoms with van der Waals surface area (Å²) in [5.74, 6) is -2.82. The van der Waals surface area contributed by atoms with Crippen molar-refractivity contribution >= 4 is 23.2 Å². The molecule has 0 unspecified atom stereocenters. The average molecular weight is 347 g/mol. The Bertz CT molecular complexity index is 815. The maximum Gasteiger partial charge on any atom is 0.303 e. The molecular weight excluding hydrogens is 328 g/mol. The van der Waals surface area contributed by atoms with E-state index in [9.17, 15) is 13.6 Å². The number of carbonyl (C=O) groups excluding carboxylic acids is 1. The molecule has 0 radical (unpaired) electrons. The van der Waals surface area contributed by atoms with E-state index in [1.807, 2.05) is 0 Å². The number of aromatic nitrogens is 3. The fourth-order valence-electron chi connectivity index (χ4n) is 2.51. The molecule has 132 valence electrons. The second-order valence-electron chi connectivity index (χ2n) is 6.34. The summed E-state index contributed by atoms with van der Waals surface area (Å²) in [6.07, 6.45) is 3.81. The Morgan fingerprint density at radius 3 is 2.56 bits per heavy atom. The summed E-state index contributed by atoms with van der Waals surface area (Å²) < 4.78 is 27.1. The molecule has 0 atom stereocenters. The van der Waals surface area contributed by atoms with Crippen LogP contribution < -0.4 is 10.6 Å². The monoisotopic (exact) mass is 347 g/mol. The van der Waals surface area contributed by atoms with Crippen molar-refractivity contribution in [2.75, 3.05) is 10.6 Å². The Kier molecular flexibility index (Phi) is 4.36. The first-order valence-electron chi connectivity index (χ1n) is 8.01. The lowest BCUT2D eigenvalue weighted by atomic mass is 10.1. The van der Waals surface area contributed by atoms with Crippen molar-refractivity contribution in [2.45, 2.75) is 45.5 Å². The van der Waals surface area contributed by atoms with Crippen molar-refractivity contribution < 1.29 is 13.6 Å². The third-order valence-corrected chi connectivity index (χ3v) is 3.77. The molecule has 6 nitrogen and oxygen atoms in total. The molecular formula is C17H19F2N5O. The van der Waals surface area contributed by atoms with Gasteiger partial charge in [-0.15, -0.1) is 0 Å². The minimum absolute atomic E-state index is 0.233. The highest BCUT2D eigenvalue weighted by Gasteiger charge is 2.30. The van der Waals surface area contributed by atoms with E-state index in [1.165, 1.54) is 6.92 Å². The number of nitrogens with zero attached hydrogens (tertiary/aromatic N) is 3. The van der Waals surface area contributed by atoms with Gasteiger partial charge in [-0.1, -0.05) is 0 Å². The lowest BCUT2D eigenvalue weighted by Crippen LogP contribution is -2.15. The Hall–Kier alpha value is -2.64. The predicted octanol–water partition coefficient (Wildman–Crippen LogP) is 3.87. The first-order chi connectivity index (χ1) is 11.7. The molecule has 0 spiro atoms. The maximum absolute atomic E-state index is 13.6. The number of carbonyl (C=O) groups is 1. The largest absolute Gasteiger partial charge is 0.340 e. The Morgan fingerprint density at radius 2 is 1.96 bits per heavy atom. The van der Waals surface area contributed by atoms with Crippen molar-refractivity contribution in [1.29, 1.82) is 0 Å². The summed E-state index contributed by atoms with van der Waals surface area (Å²) in [5.41, 5.74) is 2.12. The normalized spacial score (nSPS) is 14.3. The first-order valence-corrected chi connectivity index (χ1v) is 8.01. The molecule has 0 saturated heterocycles. The molecule has 8 heteroatoms. The van der Waals surface area contributed by atoms with Gasteiger partial charge in [0.2, 0.25) is 11.7 Å². The molecule has 0 bridgehead atoms. The number of amides is 1. The third-order valence-electron chi connectivity index (χ3n) is 3.77. The molecule has 1 fully saturated rings. The smallest absolute Gasteiger partial charge is 0.303 e. The van der Waals surface area contributed by atoms with Crippen molar-refractivity contribution in [3.63, 3.8) is 0 Å². The lowest BCUT2D eigenvalue weighted by molar-refractivity contribution is -0.114. The van der Waals surface area contributed by atoms with Crippen LogP contribution in [-0.4, -0.2) is 20.9 Å². The zero-order chi connectivity index (χ0) is 18.2. The summed E-state index contributed by atoms with van der Waals surface area (Å²) in [6, 6.07) is 3.29. The van der Waals surface area contributed by atoms with E-state index in [0.29, 0.717) is 23.1 Å². The molecule has 1 saturated carbocycles. The van der Waals surface area contributed by atoms with E-state index in [-0.39, 0.29) is 11.7 Å². The van der Waals surface area contributed by atoms with Gasteiger partial charge in [-0.3, -0.25) is 4.79 Å². The standard InChI is InChI=1S/C17H19F2N5O/c1-9-6-15(24-16(21-9)17(3,18)19)23-13-7-14(22-10(2)25)20-8-12(13)11-4-5-11/h6-8,11H,4-5H2,1-3H3,(H2,20,21,22,23,24,25). The number of rotatable bonds is 5. The van der Waals surface area contributed by atoms with Crippen LogP contribution in [0, 0.1) is 6.92 Å². The van der Waals surface area contributed by atoms with Crippen molar-refractivity contribution in [1.82, 2.24) is 15.0 Å². The molecule has 1 amide bonds. The predicted molar refractivity (Wildman–Crippen MR) is 90.1 cm³/mol. The van der Waals surface area contributed by atoms with Crippen LogP contribution in [0.2, 0.25) is 0 Å². The fourth-order valence-corrected chi connectivity index (χ4v) is 2.51. The highest BCUT2D eigenvalue weighted by molar-refractivity contribution is 5.88. The van der Waals surface area contributed by atoms with Gasteiger partial charge in [0.25, 0.3) is 0 Å². The van der Waals surface area contributed by atoms with Gasteiger partial charge in [0.1, 0.15) is 11.6 Å². The van der Waals surface area contributed by atoms with Crippen LogP contribution in [0.3, 0.4) is 0 Å². The van der Waals surface area contributed by atoms with Crippen molar-refractivity contribution in [3.8, 4) is 0 Å². The molecule has 1 aliphatic rings. The molecule has 2 aromatic rings. The molecule has 0 aliphatic heterocycles. The summed E-state index contributed by atoms with van der Waals surface area (Å²) in [7, 11) is 0. The van der Waals surface area contributed by atoms with Crippen LogP contribution in [0.15, 0.2) is 18.3 Å². The molecule has 2 N–H and O–H groups in total. The SMILES string of the molecule is CC(=O)Nc1cc(Nc2cc(C)nc(C(C)(F)F)n2)c(C2CC2)cn1. The number of halogens is 2. The van der Waals surface area contributed by atoms with E-state index in [2.05, 4.69) is 25.6 Å². The second kappa shape index (κ2) is 6.34. The number of pyridine rings is 1. The minimum atomic E-state index is -3.12. The van der Waals surface area contributed by atoms with Crippen LogP contribution in [-0.2, 0) is 10.7 Å². The highest BCUT2D eigenvalue weighted by atomic mass is 19.3. The average Bonchev–Trinajstić information content (AvgIpc) is 3.30. The van der Waals surface area contributed by atoms with E-state index in [0.717, 1.165) is 25.3 Å². The van der Waals surface area contributed by atoms with E-state index >= 15 is 0 Å². The molecule has 2 heterocycles. The number of anilines is 3. The van der Waals surface area contributed by atoms with Crippen LogP contribution in [0.4, 0.5) is 26.1 Å². The quantitative estimate of drug-likeness (QED) is 0.858. The molecule has 3 rings (SSSR count). The fraction of sp³-hybridized carbons (Fsp3) is 0.412. The minimum Gasteiger partial charge on any atom is -0.340 e. The van der Waals surface area contributed by atoms with Crippen LogP contribution >= 0.6 is 0 Å². The molecule has 25 heavy (non-hydrogen) atoms. The molecule has 0 aromatic carbocycles. The highest BCUT2D eigenvalue weighted by Crippen LogP contribution is 2.44. The Labute approximate surface area is 144 Å².